The van der Waals surface area contributed by atoms with Crippen LogP contribution >= 0.6 is 11.6 Å². The summed E-state index contributed by atoms with van der Waals surface area (Å²) < 4.78 is 1.89. The molecule has 3 rings (SSSR count). The van der Waals surface area contributed by atoms with Crippen LogP contribution in [0.4, 0.5) is 0 Å². The molecule has 0 saturated carbocycles. The Hall–Kier alpha value is -1.94. The van der Waals surface area contributed by atoms with Crippen molar-refractivity contribution in [3.05, 3.63) is 47.9 Å². The van der Waals surface area contributed by atoms with Crippen molar-refractivity contribution in [2.75, 3.05) is 0 Å². The van der Waals surface area contributed by atoms with Gasteiger partial charge in [-0.15, -0.1) is 10.2 Å². The molecule has 0 fully saturated rings. The first kappa shape index (κ1) is 9.30. The van der Waals surface area contributed by atoms with Gasteiger partial charge in [-0.1, -0.05) is 11.6 Å². The second-order valence-corrected chi connectivity index (χ2v) is 3.77. The predicted octanol–water partition coefficient (Wildman–Crippen LogP) is 2.44. The van der Waals surface area contributed by atoms with E-state index in [1.165, 1.54) is 0 Å². The van der Waals surface area contributed by atoms with Crippen LogP contribution in [0.2, 0.25) is 5.02 Å². The number of hydrogen-bond donors (Lipinski definition) is 0. The van der Waals surface area contributed by atoms with E-state index < -0.39 is 0 Å². The fourth-order valence-corrected chi connectivity index (χ4v) is 1.72. The van der Waals surface area contributed by atoms with Crippen LogP contribution in [0.3, 0.4) is 0 Å². The highest BCUT2D eigenvalue weighted by molar-refractivity contribution is 6.30. The van der Waals surface area contributed by atoms with Crippen molar-refractivity contribution in [2.24, 2.45) is 0 Å². The van der Waals surface area contributed by atoms with Crippen molar-refractivity contribution in [2.45, 2.75) is 0 Å². The lowest BCUT2D eigenvalue weighted by Crippen LogP contribution is -1.88. The van der Waals surface area contributed by atoms with Crippen molar-refractivity contribution in [3.8, 4) is 11.4 Å². The minimum Gasteiger partial charge on any atom is -0.282 e. The molecule has 0 bridgehead atoms. The number of rotatable bonds is 1. The number of pyridine rings is 2. The van der Waals surface area contributed by atoms with Gasteiger partial charge in [0.05, 0.1) is 0 Å². The Morgan fingerprint density at radius 3 is 2.69 bits per heavy atom. The highest BCUT2D eigenvalue weighted by Crippen LogP contribution is 2.19. The van der Waals surface area contributed by atoms with Crippen LogP contribution < -0.4 is 0 Å². The van der Waals surface area contributed by atoms with Crippen molar-refractivity contribution in [1.29, 1.82) is 0 Å². The van der Waals surface area contributed by atoms with Crippen molar-refractivity contribution in [1.82, 2.24) is 19.6 Å². The molecule has 0 aliphatic carbocycles. The molecule has 0 atom stereocenters. The SMILES string of the molecule is Clc1ccn2c(-c3ccncc3)nnc2c1. The standard InChI is InChI=1S/C11H7ClN4/c12-9-3-6-16-10(7-9)14-15-11(16)8-1-4-13-5-2-8/h1-7H. The van der Waals surface area contributed by atoms with Gasteiger partial charge in [-0.2, -0.15) is 0 Å². The maximum Gasteiger partial charge on any atom is 0.168 e. The molecule has 0 aliphatic heterocycles. The van der Waals surface area contributed by atoms with E-state index in [9.17, 15) is 0 Å². The summed E-state index contributed by atoms with van der Waals surface area (Å²) in [5.74, 6) is 0.786. The summed E-state index contributed by atoms with van der Waals surface area (Å²) in [4.78, 5) is 3.97. The van der Waals surface area contributed by atoms with Gasteiger partial charge >= 0.3 is 0 Å². The van der Waals surface area contributed by atoms with Crippen LogP contribution in [-0.2, 0) is 0 Å². The molecule has 3 heterocycles. The molecule has 0 aromatic carbocycles. The highest BCUT2D eigenvalue weighted by atomic mass is 35.5. The average molecular weight is 231 g/mol. The lowest BCUT2D eigenvalue weighted by molar-refractivity contribution is 1.11. The van der Waals surface area contributed by atoms with Crippen LogP contribution in [0.5, 0.6) is 0 Å². The van der Waals surface area contributed by atoms with Crippen LogP contribution in [0.15, 0.2) is 42.9 Å². The van der Waals surface area contributed by atoms with E-state index in [0.717, 1.165) is 17.0 Å². The molecule has 0 N–H and O–H groups in total. The van der Waals surface area contributed by atoms with Gasteiger partial charge in [0, 0.05) is 35.2 Å². The van der Waals surface area contributed by atoms with Gasteiger partial charge in [0.2, 0.25) is 0 Å². The van der Waals surface area contributed by atoms with Gasteiger partial charge in [-0.3, -0.25) is 9.38 Å². The topological polar surface area (TPSA) is 43.1 Å². The Bertz CT molecular complexity index is 633. The number of aromatic nitrogens is 4. The molecule has 3 aromatic rings. The third kappa shape index (κ3) is 1.44. The zero-order valence-corrected chi connectivity index (χ0v) is 8.96. The second kappa shape index (κ2) is 3.57. The average Bonchev–Trinajstić information content (AvgIpc) is 2.73. The Kier molecular flexibility index (Phi) is 2.08. The van der Waals surface area contributed by atoms with E-state index in [-0.39, 0.29) is 0 Å². The highest BCUT2D eigenvalue weighted by Gasteiger charge is 2.07. The number of fused-ring (bicyclic) bond motifs is 1. The van der Waals surface area contributed by atoms with E-state index in [4.69, 9.17) is 11.6 Å². The van der Waals surface area contributed by atoms with E-state index >= 15 is 0 Å². The normalized spacial score (nSPS) is 10.8. The first-order valence-corrected chi connectivity index (χ1v) is 5.13. The van der Waals surface area contributed by atoms with Gasteiger partial charge in [0.25, 0.3) is 0 Å². The second-order valence-electron chi connectivity index (χ2n) is 3.33. The fourth-order valence-electron chi connectivity index (χ4n) is 1.56. The molecule has 0 unspecified atom stereocenters. The lowest BCUT2D eigenvalue weighted by atomic mass is 10.2. The summed E-state index contributed by atoms with van der Waals surface area (Å²) >= 11 is 5.88. The minimum absolute atomic E-state index is 0.654. The van der Waals surface area contributed by atoms with Gasteiger partial charge in [-0.25, -0.2) is 0 Å². The quantitative estimate of drug-likeness (QED) is 0.645. The predicted molar refractivity (Wildman–Crippen MR) is 61.2 cm³/mol. The van der Waals surface area contributed by atoms with Crippen LogP contribution in [-0.4, -0.2) is 19.6 Å². The summed E-state index contributed by atoms with van der Waals surface area (Å²) in [6.07, 6.45) is 5.31. The number of hydrogen-bond acceptors (Lipinski definition) is 3. The van der Waals surface area contributed by atoms with Gasteiger partial charge in [-0.05, 0) is 18.2 Å². The Morgan fingerprint density at radius 1 is 1.06 bits per heavy atom. The molecule has 78 valence electrons. The monoisotopic (exact) mass is 230 g/mol. The third-order valence-corrected chi connectivity index (χ3v) is 2.55. The smallest absolute Gasteiger partial charge is 0.168 e. The Balaban J connectivity index is 2.26. The molecule has 5 heteroatoms. The first-order valence-electron chi connectivity index (χ1n) is 4.75. The zero-order valence-electron chi connectivity index (χ0n) is 8.21. The lowest BCUT2D eigenvalue weighted by Gasteiger charge is -1.98. The van der Waals surface area contributed by atoms with Crippen molar-refractivity contribution in [3.63, 3.8) is 0 Å². The Morgan fingerprint density at radius 2 is 1.88 bits per heavy atom. The van der Waals surface area contributed by atoms with E-state index in [1.807, 2.05) is 28.8 Å². The molecule has 0 spiro atoms. The number of nitrogens with zero attached hydrogens (tertiary/aromatic N) is 4. The van der Waals surface area contributed by atoms with Gasteiger partial charge in [0.1, 0.15) is 0 Å². The number of halogens is 1. The maximum absolute atomic E-state index is 5.88. The van der Waals surface area contributed by atoms with Crippen molar-refractivity contribution >= 4 is 17.2 Å². The van der Waals surface area contributed by atoms with Gasteiger partial charge in [0.15, 0.2) is 11.5 Å². The molecular weight excluding hydrogens is 224 g/mol. The molecule has 0 aliphatic rings. The molecular formula is C11H7ClN4. The van der Waals surface area contributed by atoms with E-state index in [1.54, 1.807) is 18.5 Å². The first-order chi connectivity index (χ1) is 7.84. The zero-order chi connectivity index (χ0) is 11.0. The molecule has 16 heavy (non-hydrogen) atoms. The minimum atomic E-state index is 0.654. The molecule has 3 aromatic heterocycles. The van der Waals surface area contributed by atoms with Gasteiger partial charge < -0.3 is 0 Å². The Labute approximate surface area is 96.5 Å². The van der Waals surface area contributed by atoms with E-state index in [2.05, 4.69) is 15.2 Å². The summed E-state index contributed by atoms with van der Waals surface area (Å²) in [6, 6.07) is 7.37. The third-order valence-electron chi connectivity index (χ3n) is 2.31. The van der Waals surface area contributed by atoms with Crippen molar-refractivity contribution < 1.29 is 0 Å². The molecule has 0 radical (unpaired) electrons. The van der Waals surface area contributed by atoms with E-state index in [0.29, 0.717) is 5.02 Å². The summed E-state index contributed by atoms with van der Waals surface area (Å²) in [5.41, 5.74) is 1.71. The summed E-state index contributed by atoms with van der Waals surface area (Å²) in [6.45, 7) is 0. The van der Waals surface area contributed by atoms with Crippen LogP contribution in [0.1, 0.15) is 0 Å². The summed E-state index contributed by atoms with van der Waals surface area (Å²) in [7, 11) is 0. The van der Waals surface area contributed by atoms with Crippen LogP contribution in [0, 0.1) is 0 Å². The maximum atomic E-state index is 5.88. The van der Waals surface area contributed by atoms with Crippen LogP contribution in [0.25, 0.3) is 17.0 Å². The fraction of sp³-hybridized carbons (Fsp3) is 0. The molecule has 0 saturated heterocycles. The molecule has 4 nitrogen and oxygen atoms in total. The molecule has 0 amide bonds. The largest absolute Gasteiger partial charge is 0.282 e. The summed E-state index contributed by atoms with van der Waals surface area (Å²) in [5, 5.41) is 8.85.